The van der Waals surface area contributed by atoms with Crippen LogP contribution in [-0.2, 0) is 9.53 Å². The number of nitrogens with one attached hydrogen (secondary N) is 1. The molecule has 2 aliphatic rings. The predicted octanol–water partition coefficient (Wildman–Crippen LogP) is 2.01. The summed E-state index contributed by atoms with van der Waals surface area (Å²) < 4.78 is 11.1. The summed E-state index contributed by atoms with van der Waals surface area (Å²) in [5.74, 6) is 0.990. The summed E-state index contributed by atoms with van der Waals surface area (Å²) in [5.41, 5.74) is 0.967. The van der Waals surface area contributed by atoms with Crippen LogP contribution in [0.2, 0.25) is 0 Å². The maximum absolute atomic E-state index is 12.0. The lowest BCUT2D eigenvalue weighted by Crippen LogP contribution is -2.46. The fourth-order valence-corrected chi connectivity index (χ4v) is 2.77. The van der Waals surface area contributed by atoms with Gasteiger partial charge in [0.15, 0.2) is 6.23 Å². The third-order valence-corrected chi connectivity index (χ3v) is 3.79. The number of hydrogen-bond donors (Lipinski definition) is 1. The van der Waals surface area contributed by atoms with Crippen LogP contribution in [0.3, 0.4) is 0 Å². The molecule has 1 N–H and O–H groups in total. The predicted molar refractivity (Wildman–Crippen MR) is 66.1 cm³/mol. The lowest BCUT2D eigenvalue weighted by molar-refractivity contribution is -0.150. The smallest absolute Gasteiger partial charge is 0.227 e. The highest BCUT2D eigenvalue weighted by Crippen LogP contribution is 2.35. The molecule has 1 saturated carbocycles. The fourth-order valence-electron chi connectivity index (χ4n) is 2.77. The summed E-state index contributed by atoms with van der Waals surface area (Å²) in [6.07, 6.45) is 2.79. The Kier molecular flexibility index (Phi) is 2.96. The van der Waals surface area contributed by atoms with E-state index in [1.807, 2.05) is 24.3 Å². The SMILES string of the molecule is COc1ccc([C@@H]2NC(=O)[C@@H]3CCC[C@@H]3O2)cc1. The monoisotopic (exact) mass is 247 g/mol. The van der Waals surface area contributed by atoms with Crippen LogP contribution >= 0.6 is 0 Å². The van der Waals surface area contributed by atoms with Gasteiger partial charge in [0.2, 0.25) is 5.91 Å². The van der Waals surface area contributed by atoms with Gasteiger partial charge in [-0.05, 0) is 31.4 Å². The molecule has 1 heterocycles. The molecule has 96 valence electrons. The van der Waals surface area contributed by atoms with E-state index in [1.165, 1.54) is 0 Å². The van der Waals surface area contributed by atoms with Gasteiger partial charge in [-0.25, -0.2) is 0 Å². The molecule has 1 aromatic carbocycles. The molecule has 2 fully saturated rings. The van der Waals surface area contributed by atoms with Crippen LogP contribution in [0.25, 0.3) is 0 Å². The van der Waals surface area contributed by atoms with E-state index in [4.69, 9.17) is 9.47 Å². The van der Waals surface area contributed by atoms with Crippen molar-refractivity contribution in [1.29, 1.82) is 0 Å². The average molecular weight is 247 g/mol. The minimum atomic E-state index is -0.317. The quantitative estimate of drug-likeness (QED) is 0.869. The molecule has 18 heavy (non-hydrogen) atoms. The molecule has 4 nitrogen and oxygen atoms in total. The van der Waals surface area contributed by atoms with Crippen LogP contribution in [0.5, 0.6) is 5.75 Å². The summed E-state index contributed by atoms with van der Waals surface area (Å²) in [4.78, 5) is 12.0. The van der Waals surface area contributed by atoms with Gasteiger partial charge in [0.25, 0.3) is 0 Å². The van der Waals surface area contributed by atoms with Gasteiger partial charge >= 0.3 is 0 Å². The van der Waals surface area contributed by atoms with Crippen molar-refractivity contribution in [3.63, 3.8) is 0 Å². The number of benzene rings is 1. The highest BCUT2D eigenvalue weighted by Gasteiger charge is 2.40. The Morgan fingerprint density at radius 1 is 1.28 bits per heavy atom. The molecular formula is C14H17NO3. The Morgan fingerprint density at radius 3 is 2.78 bits per heavy atom. The summed E-state index contributed by atoms with van der Waals surface area (Å²) >= 11 is 0. The summed E-state index contributed by atoms with van der Waals surface area (Å²) in [6, 6.07) is 7.62. The van der Waals surface area contributed by atoms with Gasteiger partial charge in [-0.2, -0.15) is 0 Å². The molecule has 3 atom stereocenters. The Morgan fingerprint density at radius 2 is 2.06 bits per heavy atom. The molecule has 0 aromatic heterocycles. The Labute approximate surface area is 106 Å². The summed E-state index contributed by atoms with van der Waals surface area (Å²) in [7, 11) is 1.64. The standard InChI is InChI=1S/C14H17NO3/c1-17-10-7-5-9(6-8-10)14-15-13(16)11-3-2-4-12(11)18-14/h5-8,11-12,14H,2-4H2,1H3,(H,15,16)/t11-,12+,14-/m1/s1. The van der Waals surface area contributed by atoms with Crippen LogP contribution in [0, 0.1) is 5.92 Å². The second-order valence-electron chi connectivity index (χ2n) is 4.87. The van der Waals surface area contributed by atoms with Gasteiger partial charge in [0.1, 0.15) is 5.75 Å². The number of ether oxygens (including phenoxy) is 2. The zero-order valence-electron chi connectivity index (χ0n) is 10.4. The zero-order chi connectivity index (χ0) is 12.5. The lowest BCUT2D eigenvalue weighted by Gasteiger charge is -2.33. The number of fused-ring (bicyclic) bond motifs is 1. The number of hydrogen-bond acceptors (Lipinski definition) is 3. The van der Waals surface area contributed by atoms with Crippen molar-refractivity contribution in [3.05, 3.63) is 29.8 Å². The van der Waals surface area contributed by atoms with Gasteiger partial charge in [0, 0.05) is 5.56 Å². The zero-order valence-corrected chi connectivity index (χ0v) is 10.4. The minimum absolute atomic E-state index is 0.0551. The Balaban J connectivity index is 1.77. The molecule has 1 aromatic rings. The van der Waals surface area contributed by atoms with Crippen molar-refractivity contribution < 1.29 is 14.3 Å². The van der Waals surface area contributed by atoms with Gasteiger partial charge in [-0.3, -0.25) is 4.79 Å². The van der Waals surface area contributed by atoms with E-state index in [0.717, 1.165) is 30.6 Å². The van der Waals surface area contributed by atoms with E-state index in [2.05, 4.69) is 5.32 Å². The van der Waals surface area contributed by atoms with E-state index >= 15 is 0 Å². The second-order valence-corrected chi connectivity index (χ2v) is 4.87. The van der Waals surface area contributed by atoms with Crippen molar-refractivity contribution in [1.82, 2.24) is 5.32 Å². The van der Waals surface area contributed by atoms with Crippen molar-refractivity contribution in [2.24, 2.45) is 5.92 Å². The number of methoxy groups -OCH3 is 1. The first-order valence-corrected chi connectivity index (χ1v) is 6.38. The summed E-state index contributed by atoms with van der Waals surface area (Å²) in [6.45, 7) is 0. The molecule has 4 heteroatoms. The van der Waals surface area contributed by atoms with E-state index in [1.54, 1.807) is 7.11 Å². The van der Waals surface area contributed by atoms with Gasteiger partial charge < -0.3 is 14.8 Å². The minimum Gasteiger partial charge on any atom is -0.497 e. The normalized spacial score (nSPS) is 30.7. The van der Waals surface area contributed by atoms with Crippen LogP contribution in [0.1, 0.15) is 31.1 Å². The molecule has 0 bridgehead atoms. The fraction of sp³-hybridized carbons (Fsp3) is 0.500. The number of carbonyl (C=O) groups excluding carboxylic acids is 1. The molecule has 1 saturated heterocycles. The Hall–Kier alpha value is -1.55. The van der Waals surface area contributed by atoms with Crippen LogP contribution in [0.15, 0.2) is 24.3 Å². The maximum atomic E-state index is 12.0. The van der Waals surface area contributed by atoms with Crippen LogP contribution in [0.4, 0.5) is 0 Å². The molecule has 0 spiro atoms. The lowest BCUT2D eigenvalue weighted by atomic mass is 10.0. The molecule has 3 rings (SSSR count). The van der Waals surface area contributed by atoms with Crippen molar-refractivity contribution in [3.8, 4) is 5.75 Å². The summed E-state index contributed by atoms with van der Waals surface area (Å²) in [5, 5.41) is 2.94. The number of amides is 1. The van der Waals surface area contributed by atoms with E-state index in [-0.39, 0.29) is 24.2 Å². The van der Waals surface area contributed by atoms with E-state index in [0.29, 0.717) is 0 Å². The molecule has 0 unspecified atom stereocenters. The van der Waals surface area contributed by atoms with Crippen LogP contribution < -0.4 is 10.1 Å². The van der Waals surface area contributed by atoms with Gasteiger partial charge in [0.05, 0.1) is 19.1 Å². The van der Waals surface area contributed by atoms with Gasteiger partial charge in [-0.1, -0.05) is 12.1 Å². The Bertz CT molecular complexity index is 443. The molecule has 0 radical (unpaired) electrons. The average Bonchev–Trinajstić information content (AvgIpc) is 2.88. The highest BCUT2D eigenvalue weighted by molar-refractivity contribution is 5.80. The highest BCUT2D eigenvalue weighted by atomic mass is 16.5. The van der Waals surface area contributed by atoms with Gasteiger partial charge in [-0.15, -0.1) is 0 Å². The first-order chi connectivity index (χ1) is 8.78. The van der Waals surface area contributed by atoms with E-state index < -0.39 is 0 Å². The maximum Gasteiger partial charge on any atom is 0.227 e. The van der Waals surface area contributed by atoms with E-state index in [9.17, 15) is 4.79 Å². The largest absolute Gasteiger partial charge is 0.497 e. The molecule has 1 amide bonds. The number of rotatable bonds is 2. The van der Waals surface area contributed by atoms with Crippen molar-refractivity contribution in [2.75, 3.05) is 7.11 Å². The first kappa shape index (κ1) is 11.5. The molecule has 1 aliphatic carbocycles. The van der Waals surface area contributed by atoms with Crippen molar-refractivity contribution >= 4 is 5.91 Å². The number of carbonyl (C=O) groups is 1. The molecule has 1 aliphatic heterocycles. The third kappa shape index (κ3) is 1.97. The van der Waals surface area contributed by atoms with Crippen LogP contribution in [-0.4, -0.2) is 19.1 Å². The van der Waals surface area contributed by atoms with Crippen molar-refractivity contribution in [2.45, 2.75) is 31.6 Å². The second kappa shape index (κ2) is 4.61. The first-order valence-electron chi connectivity index (χ1n) is 6.38. The topological polar surface area (TPSA) is 47.6 Å². The third-order valence-electron chi connectivity index (χ3n) is 3.79. The molecular weight excluding hydrogens is 230 g/mol.